The Labute approximate surface area is 241 Å². The van der Waals surface area contributed by atoms with Crippen LogP contribution in [0.15, 0.2) is 33.7 Å². The molecular formula is C23H27Br2ClN12. The summed E-state index contributed by atoms with van der Waals surface area (Å²) >= 11 is 12.7. The average Bonchev–Trinajstić information content (AvgIpc) is 3.21. The summed E-state index contributed by atoms with van der Waals surface area (Å²) < 4.78 is 4.58. The number of halogens is 3. The van der Waals surface area contributed by atoms with Crippen molar-refractivity contribution in [2.45, 2.75) is 51.6 Å². The maximum atomic E-state index is 6.01. The summed E-state index contributed by atoms with van der Waals surface area (Å²) in [7, 11) is 0. The van der Waals surface area contributed by atoms with Crippen LogP contribution in [0.5, 0.6) is 0 Å². The molecule has 6 rings (SSSR count). The second-order valence-corrected chi connectivity index (χ2v) is 11.3. The second-order valence-electron chi connectivity index (χ2n) is 9.29. The van der Waals surface area contributed by atoms with Crippen LogP contribution in [-0.4, -0.2) is 58.1 Å². The van der Waals surface area contributed by atoms with Crippen LogP contribution in [-0.2, 0) is 0 Å². The van der Waals surface area contributed by atoms with E-state index in [-0.39, 0.29) is 0 Å². The van der Waals surface area contributed by atoms with Crippen molar-refractivity contribution in [1.29, 1.82) is 0 Å². The number of nitrogens with two attached hydrogens (primary N) is 2. The van der Waals surface area contributed by atoms with Crippen LogP contribution in [0.2, 0.25) is 5.02 Å². The van der Waals surface area contributed by atoms with Gasteiger partial charge < -0.3 is 21.7 Å². The Morgan fingerprint density at radius 3 is 2.16 bits per heavy atom. The molecule has 15 heteroatoms. The molecular weight excluding hydrogens is 640 g/mol. The van der Waals surface area contributed by atoms with Crippen LogP contribution in [0.3, 0.4) is 0 Å². The van der Waals surface area contributed by atoms with Crippen LogP contribution in [0.25, 0.3) is 11.9 Å². The molecule has 0 amide bonds. The van der Waals surface area contributed by atoms with E-state index in [2.05, 4.69) is 79.1 Å². The van der Waals surface area contributed by atoms with E-state index in [4.69, 9.17) is 23.1 Å². The van der Waals surface area contributed by atoms with E-state index in [1.807, 2.05) is 13.1 Å². The summed E-state index contributed by atoms with van der Waals surface area (Å²) in [5.74, 6) is 3.25. The third-order valence-corrected chi connectivity index (χ3v) is 7.87. The van der Waals surface area contributed by atoms with Crippen LogP contribution < -0.4 is 21.7 Å². The predicted molar refractivity (Wildman–Crippen MR) is 155 cm³/mol. The van der Waals surface area contributed by atoms with Crippen molar-refractivity contribution in [1.82, 2.24) is 39.5 Å². The summed E-state index contributed by atoms with van der Waals surface area (Å²) in [4.78, 5) is 19.8. The largest absolute Gasteiger partial charge is 0.383 e. The van der Waals surface area contributed by atoms with Gasteiger partial charge in [0, 0.05) is 24.8 Å². The Kier molecular flexibility index (Phi) is 7.73. The zero-order valence-electron chi connectivity index (χ0n) is 20.8. The van der Waals surface area contributed by atoms with Gasteiger partial charge in [-0.15, -0.1) is 0 Å². The lowest BCUT2D eigenvalue weighted by molar-refractivity contribution is 0.717. The molecule has 5 N–H and O–H groups in total. The highest BCUT2D eigenvalue weighted by atomic mass is 79.9. The van der Waals surface area contributed by atoms with E-state index < -0.39 is 0 Å². The van der Waals surface area contributed by atoms with Crippen LogP contribution in [0.4, 0.5) is 23.3 Å². The van der Waals surface area contributed by atoms with E-state index in [0.29, 0.717) is 50.9 Å². The highest BCUT2D eigenvalue weighted by Crippen LogP contribution is 2.34. The van der Waals surface area contributed by atoms with Crippen LogP contribution >= 0.6 is 43.5 Å². The second kappa shape index (κ2) is 11.0. The molecule has 1 aliphatic heterocycles. The zero-order valence-corrected chi connectivity index (χ0v) is 24.7. The molecule has 12 nitrogen and oxygen atoms in total. The molecule has 38 heavy (non-hydrogen) atoms. The number of aryl methyl sites for hydroxylation is 1. The minimum atomic E-state index is 0.370. The molecule has 4 aromatic heterocycles. The molecule has 0 radical (unpaired) electrons. The lowest BCUT2D eigenvalue weighted by Gasteiger charge is -2.24. The number of nitrogen functional groups attached to an aromatic ring is 2. The van der Waals surface area contributed by atoms with E-state index >= 15 is 0 Å². The summed E-state index contributed by atoms with van der Waals surface area (Å²) in [6.07, 6.45) is 11.5. The first-order chi connectivity index (χ1) is 18.2. The zero-order chi connectivity index (χ0) is 27.0. The third kappa shape index (κ3) is 5.86. The van der Waals surface area contributed by atoms with E-state index in [0.717, 1.165) is 35.2 Å². The molecule has 1 saturated carbocycles. The standard InChI is InChI=1S/C13H17BrN6.C10H10BrClN6/c1-8-6-16-20(7-8)13-17-11(15)10(14)12(18-13)19-5-3-4-9(19)2;11-7-8(13)16-10(18-4-5(12)3-14-18)17-9(7)15-6-1-2-6/h6-7,9H,3-5H2,1-2H3,(H2,15,17,18);3-4,6H,1-2H2,(H3,13,15,16,17)/t9-;/m1./s1. The first kappa shape index (κ1) is 26.6. The lowest BCUT2D eigenvalue weighted by atomic mass is 10.2. The maximum Gasteiger partial charge on any atom is 0.254 e. The van der Waals surface area contributed by atoms with Gasteiger partial charge >= 0.3 is 0 Å². The number of hydrogen-bond donors (Lipinski definition) is 3. The van der Waals surface area contributed by atoms with Crippen molar-refractivity contribution in [2.75, 3.05) is 28.2 Å². The molecule has 0 aromatic carbocycles. The van der Waals surface area contributed by atoms with Crippen molar-refractivity contribution in [2.24, 2.45) is 0 Å². The van der Waals surface area contributed by atoms with Gasteiger partial charge in [0.25, 0.3) is 11.9 Å². The lowest BCUT2D eigenvalue weighted by Crippen LogP contribution is -2.28. The monoisotopic (exact) mass is 664 g/mol. The molecule has 2 fully saturated rings. The van der Waals surface area contributed by atoms with Gasteiger partial charge in [0.15, 0.2) is 5.82 Å². The number of hydrogen-bond acceptors (Lipinski definition) is 10. The number of rotatable bonds is 5. The van der Waals surface area contributed by atoms with Crippen molar-refractivity contribution in [3.8, 4) is 11.9 Å². The summed E-state index contributed by atoms with van der Waals surface area (Å²) in [5, 5.41) is 12.1. The Balaban J connectivity index is 0.000000156. The first-order valence-corrected chi connectivity index (χ1v) is 14.1. The van der Waals surface area contributed by atoms with Gasteiger partial charge in [-0.25, -0.2) is 9.36 Å². The van der Waals surface area contributed by atoms with Crippen molar-refractivity contribution in [3.05, 3.63) is 44.3 Å². The van der Waals surface area contributed by atoms with Gasteiger partial charge in [0.1, 0.15) is 26.4 Å². The quantitative estimate of drug-likeness (QED) is 0.277. The van der Waals surface area contributed by atoms with Crippen LogP contribution in [0.1, 0.15) is 38.2 Å². The molecule has 200 valence electrons. The fourth-order valence-corrected chi connectivity index (χ4v) is 4.82. The van der Waals surface area contributed by atoms with Gasteiger partial charge in [0.05, 0.1) is 23.6 Å². The molecule has 0 spiro atoms. The van der Waals surface area contributed by atoms with Gasteiger partial charge in [-0.2, -0.15) is 30.1 Å². The van der Waals surface area contributed by atoms with Crippen LogP contribution in [0, 0.1) is 6.92 Å². The number of nitrogens with zero attached hydrogens (tertiary/aromatic N) is 9. The van der Waals surface area contributed by atoms with Gasteiger partial charge in [-0.1, -0.05) is 11.6 Å². The summed E-state index contributed by atoms with van der Waals surface area (Å²) in [5.41, 5.74) is 12.9. The van der Waals surface area contributed by atoms with Gasteiger partial charge in [-0.05, 0) is 77.0 Å². The summed E-state index contributed by atoms with van der Waals surface area (Å²) in [6.45, 7) is 5.18. The maximum absolute atomic E-state index is 6.01. The topological polar surface area (TPSA) is 155 Å². The van der Waals surface area contributed by atoms with E-state index in [1.165, 1.54) is 23.7 Å². The van der Waals surface area contributed by atoms with Gasteiger partial charge in [-0.3, -0.25) is 0 Å². The summed E-state index contributed by atoms with van der Waals surface area (Å²) in [6, 6.07) is 0.942. The molecule has 0 bridgehead atoms. The third-order valence-electron chi connectivity index (χ3n) is 6.13. The minimum absolute atomic E-state index is 0.370. The highest BCUT2D eigenvalue weighted by molar-refractivity contribution is 9.11. The molecule has 1 saturated heterocycles. The number of nitrogens with one attached hydrogen (secondary N) is 1. The number of aromatic nitrogens is 8. The fraction of sp³-hybridized carbons (Fsp3) is 0.391. The fourth-order valence-electron chi connectivity index (χ4n) is 3.98. The molecule has 1 atom stereocenters. The Bertz CT molecular complexity index is 1450. The normalized spacial score (nSPS) is 16.9. The smallest absolute Gasteiger partial charge is 0.254 e. The Hall–Kier alpha value is -2.97. The highest BCUT2D eigenvalue weighted by Gasteiger charge is 2.26. The average molecular weight is 667 g/mol. The van der Waals surface area contributed by atoms with Crippen molar-refractivity contribution in [3.63, 3.8) is 0 Å². The Morgan fingerprint density at radius 2 is 1.58 bits per heavy atom. The molecule has 5 heterocycles. The van der Waals surface area contributed by atoms with E-state index in [9.17, 15) is 0 Å². The molecule has 1 aliphatic carbocycles. The van der Waals surface area contributed by atoms with E-state index in [1.54, 1.807) is 17.1 Å². The van der Waals surface area contributed by atoms with Gasteiger partial charge in [0.2, 0.25) is 0 Å². The predicted octanol–water partition coefficient (Wildman–Crippen LogP) is 4.54. The molecule has 0 unspecified atom stereocenters. The SMILES string of the molecule is Cc1cnn(-c2nc(N)c(Br)c(N3CCC[C@H]3C)n2)c1.Nc1nc(-n2cc(Cl)cn2)nc(NC2CC2)c1Br. The minimum Gasteiger partial charge on any atom is -0.383 e. The van der Waals surface area contributed by atoms with Crippen molar-refractivity contribution < 1.29 is 0 Å². The molecule has 2 aliphatic rings. The number of anilines is 4. The first-order valence-electron chi connectivity index (χ1n) is 12.1. The Morgan fingerprint density at radius 1 is 0.921 bits per heavy atom. The van der Waals surface area contributed by atoms with Crippen molar-refractivity contribution >= 4 is 66.7 Å². The molecule has 4 aromatic rings.